The van der Waals surface area contributed by atoms with Crippen molar-refractivity contribution in [3.8, 4) is 5.75 Å². The highest BCUT2D eigenvalue weighted by Gasteiger charge is 2.20. The van der Waals surface area contributed by atoms with Crippen molar-refractivity contribution in [3.05, 3.63) is 41.5 Å². The van der Waals surface area contributed by atoms with Gasteiger partial charge < -0.3 is 15.0 Å². The molecular weight excluding hydrogens is 254 g/mol. The van der Waals surface area contributed by atoms with Crippen LogP contribution in [0.1, 0.15) is 37.0 Å². The summed E-state index contributed by atoms with van der Waals surface area (Å²) in [7, 11) is 1.65. The predicted molar refractivity (Wildman–Crippen MR) is 76.7 cm³/mol. The minimum Gasteiger partial charge on any atom is -0.497 e. The average Bonchev–Trinajstić information content (AvgIpc) is 2.88. The lowest BCUT2D eigenvalue weighted by Crippen LogP contribution is -2.18. The fourth-order valence-electron chi connectivity index (χ4n) is 2.07. The fourth-order valence-corrected chi connectivity index (χ4v) is 2.07. The van der Waals surface area contributed by atoms with E-state index in [1.165, 1.54) is 0 Å². The Balaban J connectivity index is 2.08. The third-order valence-electron chi connectivity index (χ3n) is 3.38. The quantitative estimate of drug-likeness (QED) is 0.876. The summed E-state index contributed by atoms with van der Waals surface area (Å²) >= 11 is 0. The molecule has 2 aromatic rings. The third kappa shape index (κ3) is 3.36. The molecular formula is C15H21N3O2. The van der Waals surface area contributed by atoms with Gasteiger partial charge in [0.1, 0.15) is 5.75 Å². The van der Waals surface area contributed by atoms with Crippen LogP contribution in [-0.2, 0) is 6.42 Å². The van der Waals surface area contributed by atoms with E-state index in [9.17, 15) is 0 Å². The second-order valence-corrected chi connectivity index (χ2v) is 5.16. The highest BCUT2D eigenvalue weighted by atomic mass is 16.5. The molecule has 108 valence electrons. The van der Waals surface area contributed by atoms with Crippen LogP contribution >= 0.6 is 0 Å². The molecule has 0 amide bonds. The van der Waals surface area contributed by atoms with Gasteiger partial charge in [-0.15, -0.1) is 0 Å². The number of rotatable bonds is 6. The third-order valence-corrected chi connectivity index (χ3v) is 3.38. The molecule has 0 bridgehead atoms. The van der Waals surface area contributed by atoms with Gasteiger partial charge in [0.25, 0.3) is 0 Å². The minimum absolute atomic E-state index is 0.118. The molecule has 0 aliphatic carbocycles. The molecule has 1 aromatic carbocycles. The maximum Gasteiger partial charge on any atom is 0.231 e. The lowest BCUT2D eigenvalue weighted by molar-refractivity contribution is 0.322. The lowest BCUT2D eigenvalue weighted by atomic mass is 9.96. The Hall–Kier alpha value is -1.88. The van der Waals surface area contributed by atoms with Crippen LogP contribution in [0, 0.1) is 5.92 Å². The fraction of sp³-hybridized carbons (Fsp3) is 0.467. The van der Waals surface area contributed by atoms with Gasteiger partial charge in [-0.1, -0.05) is 31.1 Å². The zero-order chi connectivity index (χ0) is 14.5. The van der Waals surface area contributed by atoms with Crippen molar-refractivity contribution in [1.29, 1.82) is 0 Å². The van der Waals surface area contributed by atoms with Gasteiger partial charge in [0.15, 0.2) is 5.82 Å². The molecule has 0 spiro atoms. The Kier molecular flexibility index (Phi) is 4.74. The molecule has 1 heterocycles. The van der Waals surface area contributed by atoms with Crippen LogP contribution in [0.4, 0.5) is 0 Å². The van der Waals surface area contributed by atoms with Gasteiger partial charge in [0.05, 0.1) is 13.0 Å². The summed E-state index contributed by atoms with van der Waals surface area (Å²) in [5.41, 5.74) is 6.88. The topological polar surface area (TPSA) is 74.2 Å². The number of nitrogens with zero attached hydrogens (tertiary/aromatic N) is 2. The van der Waals surface area contributed by atoms with Crippen molar-refractivity contribution < 1.29 is 9.26 Å². The zero-order valence-electron chi connectivity index (χ0n) is 12.2. The Labute approximate surface area is 119 Å². The summed E-state index contributed by atoms with van der Waals surface area (Å²) < 4.78 is 10.5. The predicted octanol–water partition coefficient (Wildman–Crippen LogP) is 2.37. The van der Waals surface area contributed by atoms with Crippen LogP contribution in [-0.4, -0.2) is 23.8 Å². The summed E-state index contributed by atoms with van der Waals surface area (Å²) in [6.07, 6.45) is 0.642. The first-order valence-electron chi connectivity index (χ1n) is 6.79. The van der Waals surface area contributed by atoms with Gasteiger partial charge >= 0.3 is 0 Å². The molecule has 1 aromatic heterocycles. The highest BCUT2D eigenvalue weighted by Crippen LogP contribution is 2.22. The van der Waals surface area contributed by atoms with E-state index in [-0.39, 0.29) is 5.92 Å². The maximum absolute atomic E-state index is 5.76. The normalized spacial score (nSPS) is 12.7. The number of hydrogen-bond acceptors (Lipinski definition) is 5. The van der Waals surface area contributed by atoms with Crippen molar-refractivity contribution >= 4 is 0 Å². The summed E-state index contributed by atoms with van der Waals surface area (Å²) in [6, 6.07) is 7.84. The largest absolute Gasteiger partial charge is 0.497 e. The van der Waals surface area contributed by atoms with E-state index >= 15 is 0 Å². The van der Waals surface area contributed by atoms with Gasteiger partial charge in [0, 0.05) is 13.0 Å². The first-order valence-corrected chi connectivity index (χ1v) is 6.79. The highest BCUT2D eigenvalue weighted by molar-refractivity contribution is 5.28. The molecule has 20 heavy (non-hydrogen) atoms. The molecule has 5 nitrogen and oxygen atoms in total. The van der Waals surface area contributed by atoms with Gasteiger partial charge in [-0.3, -0.25) is 0 Å². The molecule has 1 atom stereocenters. The molecule has 0 fully saturated rings. The van der Waals surface area contributed by atoms with Crippen LogP contribution in [0.25, 0.3) is 0 Å². The maximum atomic E-state index is 5.76. The van der Waals surface area contributed by atoms with E-state index < -0.39 is 0 Å². The van der Waals surface area contributed by atoms with E-state index in [0.717, 1.165) is 11.3 Å². The number of methoxy groups -OCH3 is 1. The van der Waals surface area contributed by atoms with Crippen LogP contribution < -0.4 is 10.5 Å². The summed E-state index contributed by atoms with van der Waals surface area (Å²) in [4.78, 5) is 4.45. The Morgan fingerprint density at radius 1 is 1.25 bits per heavy atom. The molecule has 0 aliphatic rings. The number of benzene rings is 1. The number of aromatic nitrogens is 2. The molecule has 0 saturated heterocycles. The van der Waals surface area contributed by atoms with Crippen molar-refractivity contribution in [2.75, 3.05) is 13.7 Å². The molecule has 1 unspecified atom stereocenters. The van der Waals surface area contributed by atoms with Gasteiger partial charge in [-0.25, -0.2) is 0 Å². The second-order valence-electron chi connectivity index (χ2n) is 5.16. The summed E-state index contributed by atoms with van der Waals surface area (Å²) in [5, 5.41) is 4.03. The zero-order valence-corrected chi connectivity index (χ0v) is 12.2. The van der Waals surface area contributed by atoms with E-state index in [1.807, 2.05) is 24.3 Å². The van der Waals surface area contributed by atoms with Crippen molar-refractivity contribution in [2.24, 2.45) is 11.7 Å². The summed E-state index contributed by atoms with van der Waals surface area (Å²) in [6.45, 7) is 4.72. The van der Waals surface area contributed by atoms with Crippen LogP contribution in [0.15, 0.2) is 28.8 Å². The molecule has 5 heteroatoms. The molecule has 0 saturated carbocycles. The minimum atomic E-state index is 0.118. The van der Waals surface area contributed by atoms with Crippen molar-refractivity contribution in [1.82, 2.24) is 10.1 Å². The van der Waals surface area contributed by atoms with Crippen LogP contribution in [0.2, 0.25) is 0 Å². The first kappa shape index (κ1) is 14.5. The smallest absolute Gasteiger partial charge is 0.231 e. The van der Waals surface area contributed by atoms with Gasteiger partial charge in [-0.2, -0.15) is 4.98 Å². The Morgan fingerprint density at radius 3 is 2.50 bits per heavy atom. The van der Waals surface area contributed by atoms with E-state index in [2.05, 4.69) is 24.0 Å². The standard InChI is InChI=1S/C15H21N3O2/c1-10(2)13(9-16)15-17-14(18-20-15)8-11-4-6-12(19-3)7-5-11/h4-7,10,13H,8-9,16H2,1-3H3. The van der Waals surface area contributed by atoms with Gasteiger partial charge in [0.2, 0.25) is 5.89 Å². The monoisotopic (exact) mass is 275 g/mol. The number of ether oxygens (including phenoxy) is 1. The van der Waals surface area contributed by atoms with E-state index in [0.29, 0.717) is 30.6 Å². The number of hydrogen-bond donors (Lipinski definition) is 1. The second kappa shape index (κ2) is 6.52. The molecule has 0 aliphatic heterocycles. The molecule has 0 radical (unpaired) electrons. The lowest BCUT2D eigenvalue weighted by Gasteiger charge is -2.13. The first-order chi connectivity index (χ1) is 9.63. The van der Waals surface area contributed by atoms with Gasteiger partial charge in [-0.05, 0) is 23.6 Å². The number of nitrogens with two attached hydrogens (primary N) is 1. The molecule has 2 rings (SSSR count). The average molecular weight is 275 g/mol. The summed E-state index contributed by atoms with van der Waals surface area (Å²) in [5.74, 6) is 2.65. The Morgan fingerprint density at radius 2 is 1.95 bits per heavy atom. The van der Waals surface area contributed by atoms with E-state index in [4.69, 9.17) is 15.0 Å². The van der Waals surface area contributed by atoms with Crippen molar-refractivity contribution in [3.63, 3.8) is 0 Å². The van der Waals surface area contributed by atoms with Crippen LogP contribution in [0.3, 0.4) is 0 Å². The Bertz CT molecular complexity index is 534. The van der Waals surface area contributed by atoms with Crippen LogP contribution in [0.5, 0.6) is 5.75 Å². The SMILES string of the molecule is COc1ccc(Cc2noc(C(CN)C(C)C)n2)cc1. The van der Waals surface area contributed by atoms with Crippen molar-refractivity contribution in [2.45, 2.75) is 26.2 Å². The molecule has 2 N–H and O–H groups in total. The van der Waals surface area contributed by atoms with E-state index in [1.54, 1.807) is 7.11 Å².